The third-order valence-electron chi connectivity index (χ3n) is 3.89. The van der Waals surface area contributed by atoms with Gasteiger partial charge in [-0.2, -0.15) is 0 Å². The number of imidazole rings is 1. The number of aryl methyl sites for hydroxylation is 1. The van der Waals surface area contributed by atoms with Gasteiger partial charge in [0.2, 0.25) is 5.91 Å². The lowest BCUT2D eigenvalue weighted by atomic mass is 10.1. The molecule has 4 nitrogen and oxygen atoms in total. The van der Waals surface area contributed by atoms with E-state index in [-0.39, 0.29) is 17.9 Å². The average Bonchev–Trinajstić information content (AvgIpc) is 3.15. The molecule has 2 aromatic rings. The predicted octanol–water partition coefficient (Wildman–Crippen LogP) is 2.40. The second-order valence-corrected chi connectivity index (χ2v) is 5.55. The fourth-order valence-electron chi connectivity index (χ4n) is 2.58. The van der Waals surface area contributed by atoms with E-state index in [4.69, 9.17) is 0 Å². The van der Waals surface area contributed by atoms with Crippen molar-refractivity contribution in [3.63, 3.8) is 0 Å². The van der Waals surface area contributed by atoms with E-state index in [1.165, 1.54) is 0 Å². The average molecular weight is 269 g/mol. The number of benzene rings is 1. The molecule has 3 atom stereocenters. The van der Waals surface area contributed by atoms with Crippen LogP contribution in [0.4, 0.5) is 0 Å². The Labute approximate surface area is 118 Å². The smallest absolute Gasteiger partial charge is 0.224 e. The first-order chi connectivity index (χ1) is 9.65. The number of nitrogens with zero attached hydrogens (tertiary/aromatic N) is 2. The van der Waals surface area contributed by atoms with Gasteiger partial charge in [0.05, 0.1) is 18.1 Å². The van der Waals surface area contributed by atoms with Crippen molar-refractivity contribution >= 4 is 5.91 Å². The van der Waals surface area contributed by atoms with Crippen LogP contribution in [-0.2, 0) is 11.8 Å². The van der Waals surface area contributed by atoms with Crippen molar-refractivity contribution < 1.29 is 4.79 Å². The Morgan fingerprint density at radius 1 is 1.40 bits per heavy atom. The Bertz CT molecular complexity index is 605. The Morgan fingerprint density at radius 3 is 2.80 bits per heavy atom. The van der Waals surface area contributed by atoms with Crippen LogP contribution in [0.1, 0.15) is 36.6 Å². The van der Waals surface area contributed by atoms with Gasteiger partial charge in [0.25, 0.3) is 0 Å². The lowest BCUT2D eigenvalue weighted by Crippen LogP contribution is -2.28. The second kappa shape index (κ2) is 5.12. The van der Waals surface area contributed by atoms with Gasteiger partial charge >= 0.3 is 0 Å². The van der Waals surface area contributed by atoms with Crippen LogP contribution in [0.25, 0.3) is 0 Å². The van der Waals surface area contributed by atoms with Gasteiger partial charge in [-0.25, -0.2) is 4.98 Å². The molecule has 104 valence electrons. The molecule has 1 fully saturated rings. The molecule has 1 heterocycles. The third-order valence-corrected chi connectivity index (χ3v) is 3.89. The summed E-state index contributed by atoms with van der Waals surface area (Å²) in [7, 11) is 1.95. The predicted molar refractivity (Wildman–Crippen MR) is 77.1 cm³/mol. The molecule has 4 heteroatoms. The van der Waals surface area contributed by atoms with Crippen LogP contribution in [0.5, 0.6) is 0 Å². The number of nitrogens with one attached hydrogen (secondary N) is 1. The number of hydrogen-bond acceptors (Lipinski definition) is 2. The lowest BCUT2D eigenvalue weighted by molar-refractivity contribution is -0.123. The van der Waals surface area contributed by atoms with E-state index in [9.17, 15) is 4.79 Å². The van der Waals surface area contributed by atoms with Crippen LogP contribution in [0.15, 0.2) is 42.9 Å². The number of carbonyl (C=O) groups is 1. The fraction of sp³-hybridized carbons (Fsp3) is 0.375. The van der Waals surface area contributed by atoms with E-state index in [0.29, 0.717) is 5.92 Å². The molecule has 1 amide bonds. The Morgan fingerprint density at radius 2 is 2.15 bits per heavy atom. The van der Waals surface area contributed by atoms with Gasteiger partial charge in [-0.3, -0.25) is 4.79 Å². The Hall–Kier alpha value is -2.10. The first kappa shape index (κ1) is 12.9. The topological polar surface area (TPSA) is 46.9 Å². The van der Waals surface area contributed by atoms with Gasteiger partial charge in [0, 0.05) is 25.1 Å². The summed E-state index contributed by atoms with van der Waals surface area (Å²) in [6.07, 6.45) is 4.69. The molecule has 1 N–H and O–H groups in total. The Kier molecular flexibility index (Phi) is 3.30. The minimum absolute atomic E-state index is 0.0497. The molecule has 0 aliphatic heterocycles. The van der Waals surface area contributed by atoms with E-state index in [2.05, 4.69) is 10.3 Å². The largest absolute Gasteiger partial charge is 0.349 e. The molecule has 3 unspecified atom stereocenters. The monoisotopic (exact) mass is 269 g/mol. The van der Waals surface area contributed by atoms with Crippen molar-refractivity contribution in [3.8, 4) is 0 Å². The van der Waals surface area contributed by atoms with Crippen LogP contribution in [0.2, 0.25) is 0 Å². The van der Waals surface area contributed by atoms with Crippen LogP contribution in [-0.4, -0.2) is 15.5 Å². The van der Waals surface area contributed by atoms with Gasteiger partial charge in [-0.15, -0.1) is 0 Å². The summed E-state index contributed by atoms with van der Waals surface area (Å²) in [6, 6.07) is 10.1. The molecule has 0 radical (unpaired) electrons. The number of rotatable bonds is 4. The zero-order valence-electron chi connectivity index (χ0n) is 11.8. The van der Waals surface area contributed by atoms with E-state index in [1.54, 1.807) is 6.33 Å². The minimum Gasteiger partial charge on any atom is -0.349 e. The fourth-order valence-corrected chi connectivity index (χ4v) is 2.58. The summed E-state index contributed by atoms with van der Waals surface area (Å²) in [5, 5.41) is 3.09. The summed E-state index contributed by atoms with van der Waals surface area (Å²) >= 11 is 0. The second-order valence-electron chi connectivity index (χ2n) is 5.55. The summed E-state index contributed by atoms with van der Waals surface area (Å²) in [6.45, 7) is 2.02. The molecule has 1 aliphatic rings. The number of carbonyl (C=O) groups excluding carboxylic acids is 1. The zero-order valence-corrected chi connectivity index (χ0v) is 11.8. The number of amides is 1. The van der Waals surface area contributed by atoms with Gasteiger partial charge in [0.1, 0.15) is 0 Å². The van der Waals surface area contributed by atoms with Crippen molar-refractivity contribution in [2.45, 2.75) is 25.3 Å². The molecule has 3 rings (SSSR count). The van der Waals surface area contributed by atoms with Crippen LogP contribution < -0.4 is 5.32 Å². The van der Waals surface area contributed by atoms with E-state index in [1.807, 2.05) is 55.1 Å². The maximum Gasteiger partial charge on any atom is 0.224 e. The van der Waals surface area contributed by atoms with E-state index in [0.717, 1.165) is 17.7 Å². The summed E-state index contributed by atoms with van der Waals surface area (Å²) < 4.78 is 1.93. The Balaban J connectivity index is 1.59. The van der Waals surface area contributed by atoms with Gasteiger partial charge < -0.3 is 9.88 Å². The molecule has 1 aromatic heterocycles. The molecular formula is C16H19N3O. The molecule has 0 spiro atoms. The maximum absolute atomic E-state index is 12.2. The molecule has 1 saturated carbocycles. The molecule has 1 aromatic carbocycles. The summed E-state index contributed by atoms with van der Waals surface area (Å²) in [5.74, 6) is 0.507. The maximum atomic E-state index is 12.2. The highest BCUT2D eigenvalue weighted by atomic mass is 16.2. The lowest BCUT2D eigenvalue weighted by Gasteiger charge is -2.14. The highest BCUT2D eigenvalue weighted by molar-refractivity contribution is 5.83. The normalized spacial score (nSPS) is 22.3. The highest BCUT2D eigenvalue weighted by Crippen LogP contribution is 2.47. The third kappa shape index (κ3) is 2.59. The van der Waals surface area contributed by atoms with Crippen molar-refractivity contribution in [3.05, 3.63) is 54.1 Å². The standard InChI is InChI=1S/C16H19N3O/c1-11(12-6-4-3-5-7-12)18-16(20)14-8-13(14)15-9-19(2)10-17-15/h3-7,9-11,13-14H,8H2,1-2H3,(H,18,20). The van der Waals surface area contributed by atoms with Crippen molar-refractivity contribution in [2.75, 3.05) is 0 Å². The van der Waals surface area contributed by atoms with Crippen molar-refractivity contribution in [2.24, 2.45) is 13.0 Å². The quantitative estimate of drug-likeness (QED) is 0.926. The molecule has 0 bridgehead atoms. The van der Waals surface area contributed by atoms with Crippen LogP contribution in [0.3, 0.4) is 0 Å². The SMILES string of the molecule is CC(NC(=O)C1CC1c1cn(C)cn1)c1ccccc1. The van der Waals surface area contributed by atoms with Gasteiger partial charge in [-0.1, -0.05) is 30.3 Å². The highest BCUT2D eigenvalue weighted by Gasteiger charge is 2.45. The van der Waals surface area contributed by atoms with Gasteiger partial charge in [-0.05, 0) is 18.9 Å². The minimum atomic E-state index is 0.0497. The summed E-state index contributed by atoms with van der Waals surface area (Å²) in [4.78, 5) is 16.6. The number of aromatic nitrogens is 2. The molecule has 1 aliphatic carbocycles. The van der Waals surface area contributed by atoms with Crippen molar-refractivity contribution in [1.82, 2.24) is 14.9 Å². The number of hydrogen-bond donors (Lipinski definition) is 1. The van der Waals surface area contributed by atoms with E-state index < -0.39 is 0 Å². The molecule has 20 heavy (non-hydrogen) atoms. The zero-order chi connectivity index (χ0) is 14.1. The first-order valence-electron chi connectivity index (χ1n) is 6.98. The van der Waals surface area contributed by atoms with Gasteiger partial charge in [0.15, 0.2) is 0 Å². The first-order valence-corrected chi connectivity index (χ1v) is 6.98. The van der Waals surface area contributed by atoms with E-state index >= 15 is 0 Å². The molecular weight excluding hydrogens is 250 g/mol. The summed E-state index contributed by atoms with van der Waals surface area (Å²) in [5.41, 5.74) is 2.16. The van der Waals surface area contributed by atoms with Crippen LogP contribution in [0, 0.1) is 5.92 Å². The molecule has 0 saturated heterocycles. The van der Waals surface area contributed by atoms with Crippen LogP contribution >= 0.6 is 0 Å². The van der Waals surface area contributed by atoms with Crippen molar-refractivity contribution in [1.29, 1.82) is 0 Å².